The summed E-state index contributed by atoms with van der Waals surface area (Å²) in [6, 6.07) is 0.627. The molecule has 0 radical (unpaired) electrons. The van der Waals surface area contributed by atoms with Crippen LogP contribution in [0.3, 0.4) is 0 Å². The van der Waals surface area contributed by atoms with E-state index in [1.165, 1.54) is 19.4 Å². The molecule has 0 spiro atoms. The van der Waals surface area contributed by atoms with Crippen molar-refractivity contribution in [2.75, 3.05) is 26.2 Å². The molecule has 0 rings (SSSR count). The summed E-state index contributed by atoms with van der Waals surface area (Å²) in [4.78, 5) is 2.47. The summed E-state index contributed by atoms with van der Waals surface area (Å²) in [5.41, 5.74) is 0. The Balaban J connectivity index is 3.43. The Morgan fingerprint density at radius 2 is 1.88 bits per heavy atom. The lowest BCUT2D eigenvalue weighted by molar-refractivity contribution is 0.241. The zero-order chi connectivity index (χ0) is 12.4. The maximum absolute atomic E-state index is 3.81. The van der Waals surface area contributed by atoms with Crippen molar-refractivity contribution in [1.29, 1.82) is 0 Å². The summed E-state index contributed by atoms with van der Waals surface area (Å²) in [5.74, 6) is 0.757. The summed E-state index contributed by atoms with van der Waals surface area (Å²) in [6.45, 7) is 17.3. The first-order chi connectivity index (χ1) is 7.57. The van der Waals surface area contributed by atoms with Crippen LogP contribution in [0.5, 0.6) is 0 Å². The predicted molar refractivity (Wildman–Crippen MR) is 73.8 cm³/mol. The average Bonchev–Trinajstić information content (AvgIpc) is 2.20. The normalized spacial score (nSPS) is 11.7. The molecule has 0 aromatic rings. The van der Waals surface area contributed by atoms with Gasteiger partial charge in [0.25, 0.3) is 0 Å². The second-order valence-electron chi connectivity index (χ2n) is 5.18. The Morgan fingerprint density at radius 1 is 1.19 bits per heavy atom. The number of rotatable bonds is 10. The van der Waals surface area contributed by atoms with Crippen LogP contribution in [0.4, 0.5) is 0 Å². The van der Waals surface area contributed by atoms with E-state index in [4.69, 9.17) is 0 Å². The van der Waals surface area contributed by atoms with Gasteiger partial charge in [-0.1, -0.05) is 19.9 Å². The molecule has 0 bridgehead atoms. The lowest BCUT2D eigenvalue weighted by Gasteiger charge is -2.24. The molecule has 2 heteroatoms. The van der Waals surface area contributed by atoms with Gasteiger partial charge in [-0.3, -0.25) is 4.90 Å². The molecule has 0 fully saturated rings. The quantitative estimate of drug-likeness (QED) is 0.455. The Hall–Kier alpha value is -0.340. The van der Waals surface area contributed by atoms with Crippen molar-refractivity contribution in [1.82, 2.24) is 10.2 Å². The first-order valence-corrected chi connectivity index (χ1v) is 6.63. The van der Waals surface area contributed by atoms with Gasteiger partial charge in [-0.25, -0.2) is 0 Å². The van der Waals surface area contributed by atoms with E-state index >= 15 is 0 Å². The van der Waals surface area contributed by atoms with Gasteiger partial charge >= 0.3 is 0 Å². The molecule has 0 saturated heterocycles. The van der Waals surface area contributed by atoms with Crippen LogP contribution in [0, 0.1) is 5.92 Å². The van der Waals surface area contributed by atoms with Gasteiger partial charge in [0.15, 0.2) is 0 Å². The summed E-state index contributed by atoms with van der Waals surface area (Å²) in [5, 5.41) is 3.48. The first-order valence-electron chi connectivity index (χ1n) is 6.63. The van der Waals surface area contributed by atoms with E-state index in [1.807, 2.05) is 6.08 Å². The van der Waals surface area contributed by atoms with E-state index in [1.54, 1.807) is 0 Å². The number of nitrogens with zero attached hydrogens (tertiary/aromatic N) is 1. The Labute approximate surface area is 102 Å². The van der Waals surface area contributed by atoms with Crippen molar-refractivity contribution in [2.24, 2.45) is 5.92 Å². The van der Waals surface area contributed by atoms with Gasteiger partial charge in [0.05, 0.1) is 0 Å². The van der Waals surface area contributed by atoms with Gasteiger partial charge < -0.3 is 5.32 Å². The molecule has 0 aromatic heterocycles. The molecule has 0 heterocycles. The molecule has 0 aromatic carbocycles. The van der Waals surface area contributed by atoms with E-state index in [0.29, 0.717) is 6.04 Å². The number of nitrogens with one attached hydrogen (secondary N) is 1. The van der Waals surface area contributed by atoms with E-state index in [0.717, 1.165) is 25.6 Å². The monoisotopic (exact) mass is 226 g/mol. The molecule has 0 aliphatic rings. The molecule has 16 heavy (non-hydrogen) atoms. The highest BCUT2D eigenvalue weighted by atomic mass is 15.1. The highest BCUT2D eigenvalue weighted by Crippen LogP contribution is 2.01. The van der Waals surface area contributed by atoms with Gasteiger partial charge in [-0.05, 0) is 52.2 Å². The molecule has 0 amide bonds. The van der Waals surface area contributed by atoms with E-state index in [9.17, 15) is 0 Å². The standard InChI is InChI=1S/C14H30N2/c1-6-10-16(14(4)5)11-8-7-9-15-12-13(2)3/h6,13-15H,1,7-12H2,2-5H3. The third-order valence-corrected chi connectivity index (χ3v) is 2.70. The van der Waals surface area contributed by atoms with Gasteiger partial charge in [0, 0.05) is 12.6 Å². The zero-order valence-corrected chi connectivity index (χ0v) is 11.6. The lowest BCUT2D eigenvalue weighted by Crippen LogP contribution is -2.32. The predicted octanol–water partition coefficient (Wildman–Crippen LogP) is 2.91. The highest BCUT2D eigenvalue weighted by Gasteiger charge is 2.06. The fraction of sp³-hybridized carbons (Fsp3) is 0.857. The van der Waals surface area contributed by atoms with Crippen molar-refractivity contribution >= 4 is 0 Å². The van der Waals surface area contributed by atoms with Crippen LogP contribution in [-0.2, 0) is 0 Å². The van der Waals surface area contributed by atoms with Crippen LogP contribution >= 0.6 is 0 Å². The highest BCUT2D eigenvalue weighted by molar-refractivity contribution is 4.75. The third kappa shape index (κ3) is 8.93. The smallest absolute Gasteiger partial charge is 0.0163 e. The second-order valence-corrected chi connectivity index (χ2v) is 5.18. The minimum Gasteiger partial charge on any atom is -0.316 e. The van der Waals surface area contributed by atoms with Crippen molar-refractivity contribution in [3.05, 3.63) is 12.7 Å². The van der Waals surface area contributed by atoms with E-state index in [2.05, 4.69) is 44.5 Å². The maximum Gasteiger partial charge on any atom is 0.0163 e. The fourth-order valence-corrected chi connectivity index (χ4v) is 1.68. The molecule has 0 aliphatic carbocycles. The second kappa shape index (κ2) is 9.86. The van der Waals surface area contributed by atoms with Gasteiger partial charge in [-0.2, -0.15) is 0 Å². The summed E-state index contributed by atoms with van der Waals surface area (Å²) in [7, 11) is 0. The third-order valence-electron chi connectivity index (χ3n) is 2.70. The minimum absolute atomic E-state index is 0.627. The van der Waals surface area contributed by atoms with Crippen molar-refractivity contribution in [3.63, 3.8) is 0 Å². The molecular formula is C14H30N2. The molecule has 96 valence electrons. The summed E-state index contributed by atoms with van der Waals surface area (Å²) < 4.78 is 0. The first kappa shape index (κ1) is 15.7. The van der Waals surface area contributed by atoms with E-state index < -0.39 is 0 Å². The SMILES string of the molecule is C=CCN(CCCCNCC(C)C)C(C)C. The number of hydrogen-bond acceptors (Lipinski definition) is 2. The van der Waals surface area contributed by atoms with Crippen molar-refractivity contribution in [2.45, 2.75) is 46.6 Å². The summed E-state index contributed by atoms with van der Waals surface area (Å²) >= 11 is 0. The van der Waals surface area contributed by atoms with Crippen LogP contribution in [0.2, 0.25) is 0 Å². The Kier molecular flexibility index (Phi) is 9.65. The van der Waals surface area contributed by atoms with Crippen molar-refractivity contribution in [3.8, 4) is 0 Å². The summed E-state index contributed by atoms with van der Waals surface area (Å²) in [6.07, 6.45) is 4.54. The molecule has 0 aliphatic heterocycles. The van der Waals surface area contributed by atoms with Gasteiger partial charge in [0.2, 0.25) is 0 Å². The van der Waals surface area contributed by atoms with Crippen LogP contribution in [0.25, 0.3) is 0 Å². The minimum atomic E-state index is 0.627. The van der Waals surface area contributed by atoms with Crippen molar-refractivity contribution < 1.29 is 0 Å². The number of unbranched alkanes of at least 4 members (excludes halogenated alkanes) is 1. The Bertz CT molecular complexity index is 164. The molecule has 1 N–H and O–H groups in total. The molecule has 2 nitrogen and oxygen atoms in total. The number of hydrogen-bond donors (Lipinski definition) is 1. The van der Waals surface area contributed by atoms with Crippen LogP contribution in [0.1, 0.15) is 40.5 Å². The van der Waals surface area contributed by atoms with Gasteiger partial charge in [-0.15, -0.1) is 6.58 Å². The fourth-order valence-electron chi connectivity index (χ4n) is 1.68. The van der Waals surface area contributed by atoms with Crippen LogP contribution in [-0.4, -0.2) is 37.1 Å². The Morgan fingerprint density at radius 3 is 2.38 bits per heavy atom. The molecule has 0 saturated carbocycles. The zero-order valence-electron chi connectivity index (χ0n) is 11.6. The molecule has 0 atom stereocenters. The van der Waals surface area contributed by atoms with Crippen LogP contribution in [0.15, 0.2) is 12.7 Å². The lowest BCUT2D eigenvalue weighted by atomic mass is 10.2. The van der Waals surface area contributed by atoms with Gasteiger partial charge in [0.1, 0.15) is 0 Å². The van der Waals surface area contributed by atoms with E-state index in [-0.39, 0.29) is 0 Å². The average molecular weight is 226 g/mol. The molecular weight excluding hydrogens is 196 g/mol. The molecule has 0 unspecified atom stereocenters. The largest absolute Gasteiger partial charge is 0.316 e. The maximum atomic E-state index is 3.81. The van der Waals surface area contributed by atoms with Crippen LogP contribution < -0.4 is 5.32 Å². The topological polar surface area (TPSA) is 15.3 Å².